The molecule has 52 aliphatic carbocycles. The van der Waals surface area contributed by atoms with Crippen LogP contribution in [0.25, 0.3) is 0 Å². The number of hydrogen-bond acceptors (Lipinski definition) is 0. The van der Waals surface area contributed by atoms with Crippen molar-refractivity contribution in [3.63, 3.8) is 0 Å². The minimum atomic E-state index is -1.54. The van der Waals surface area contributed by atoms with Crippen molar-refractivity contribution in [2.45, 2.75) is 90.3 Å². The molecule has 0 aliphatic heterocycles. The fourth-order valence-electron chi connectivity index (χ4n) is 79.5. The van der Waals surface area contributed by atoms with Gasteiger partial charge in [-0.1, -0.05) is 19.6 Å². The molecule has 0 aromatic heterocycles. The van der Waals surface area contributed by atoms with Crippen LogP contribution in [0.1, 0.15) is 70.6 Å². The van der Waals surface area contributed by atoms with Crippen LogP contribution in [0.4, 0.5) is 0 Å². The van der Waals surface area contributed by atoms with Crippen LogP contribution in [0.3, 0.4) is 0 Å². The lowest BCUT2D eigenvalue weighted by molar-refractivity contribution is -0.522. The molecule has 103 atom stereocenters. The van der Waals surface area contributed by atoms with Crippen LogP contribution in [0.2, 0.25) is 19.6 Å². The van der Waals surface area contributed by atoms with Crippen molar-refractivity contribution in [3.05, 3.63) is 0 Å². The van der Waals surface area contributed by atoms with Crippen LogP contribution in [0, 0.1) is 621 Å². The van der Waals surface area contributed by atoms with Crippen LogP contribution < -0.4 is 0 Å². The summed E-state index contributed by atoms with van der Waals surface area (Å²) in [6.07, 6.45) is 20.0. The topological polar surface area (TPSA) is 0 Å². The van der Waals surface area contributed by atoms with E-state index in [0.29, 0.717) is 0 Å². The van der Waals surface area contributed by atoms with Crippen molar-refractivity contribution in [3.8, 4) is 11.5 Å². The Kier molecular flexibility index (Phi) is 7.40. The van der Waals surface area contributed by atoms with E-state index in [0.717, 1.165) is 29.6 Å². The molecule has 0 spiro atoms. The van der Waals surface area contributed by atoms with E-state index in [1.807, 2.05) is 51.4 Å². The molecule has 1 heteroatoms. The first kappa shape index (κ1) is 57.9. The molecular weight excluding hydrogens is 1460 g/mol. The SMILES string of the molecule is C[Si](C)(C)C#CC1CC2CC3C4CC5C6C7C4C4C3C3C2C2C1CC1C8CC9C%10C%11C8C8C1C2C3C1C4C2C7C3C4C6C5C5C6C7C%12C%13CC%14CC%15CC%16CC%17CC%18CC%19C%18C%18C%17C%17C%16C%16C%15C(C%14%13)C%13C%12C7C7C%12C%13C%16C%13C%17C%14C%18C%15C%19C%16C%17C%18C9C%10C9C%10C%11C(C81)C2C1C3C2C3C4C5C6C7C3C3C%12C%13C4C%14C(C%15%16)C5C%17C%18C9C6C5C4C3C2C6C%101. The molecule has 52 rings (SSSR count). The van der Waals surface area contributed by atoms with E-state index in [2.05, 4.69) is 25.2 Å². The van der Waals surface area contributed by atoms with E-state index in [4.69, 9.17) is 5.92 Å². The van der Waals surface area contributed by atoms with Crippen molar-refractivity contribution < 1.29 is 0 Å². The zero-order valence-corrected chi connectivity index (χ0v) is 72.7. The van der Waals surface area contributed by atoms with Gasteiger partial charge in [-0.05, 0) is 674 Å². The van der Waals surface area contributed by atoms with E-state index in [1.165, 1.54) is 580 Å². The maximum absolute atomic E-state index is 4.74. The molecule has 52 aliphatic rings. The summed E-state index contributed by atoms with van der Waals surface area (Å²) in [6, 6.07) is 0. The van der Waals surface area contributed by atoms with Gasteiger partial charge in [0, 0.05) is 5.92 Å². The van der Waals surface area contributed by atoms with E-state index in [-0.39, 0.29) is 0 Å². The second kappa shape index (κ2) is 15.3. The molecule has 0 heterocycles. The monoisotopic (exact) mass is 1590 g/mol. The van der Waals surface area contributed by atoms with Gasteiger partial charge in [-0.15, -0.1) is 11.5 Å². The molecule has 0 N–H and O–H groups in total. The summed E-state index contributed by atoms with van der Waals surface area (Å²) in [7, 11) is -1.54. The predicted molar refractivity (Wildman–Crippen MR) is 441 cm³/mol. The zero-order chi connectivity index (χ0) is 72.2. The molecule has 52 saturated carbocycles. The maximum atomic E-state index is 4.74. The van der Waals surface area contributed by atoms with Crippen molar-refractivity contribution in [2.75, 3.05) is 0 Å². The summed E-state index contributed by atoms with van der Waals surface area (Å²) in [6.45, 7) is 8.13. The summed E-state index contributed by atoms with van der Waals surface area (Å²) in [5.74, 6) is 134. The van der Waals surface area contributed by atoms with Gasteiger partial charge in [-0.2, -0.15) is 0 Å². The predicted octanol–water partition coefficient (Wildman–Crippen LogP) is 18.3. The normalized spacial score (nSPS) is 95.4. The molecule has 0 saturated heterocycles. The Bertz CT molecular complexity index is 5450. The van der Waals surface area contributed by atoms with E-state index in [9.17, 15) is 0 Å². The van der Waals surface area contributed by atoms with Crippen molar-refractivity contribution >= 4 is 8.07 Å². The quantitative estimate of drug-likeness (QED) is 0.168. The summed E-state index contributed by atoms with van der Waals surface area (Å²) in [5.41, 5.74) is 4.48. The van der Waals surface area contributed by atoms with Crippen LogP contribution in [-0.2, 0) is 0 Å². The highest BCUT2D eigenvalue weighted by atomic mass is 28.3. The number of hydrogen-bond donors (Lipinski definition) is 0. The van der Waals surface area contributed by atoms with Gasteiger partial charge in [0.2, 0.25) is 0 Å². The third-order valence-electron chi connectivity index (χ3n) is 72.1. The highest BCUT2D eigenvalue weighted by molar-refractivity contribution is 6.83. The summed E-state index contributed by atoms with van der Waals surface area (Å²) >= 11 is 0. The first-order chi connectivity index (χ1) is 59.4. The minimum absolute atomic E-state index is 0.790. The molecule has 0 aromatic carbocycles. The summed E-state index contributed by atoms with van der Waals surface area (Å²) < 4.78 is 0. The number of fused-ring (bicyclic) bond motifs is 14. The Morgan fingerprint density at radius 2 is 0.250 bits per heavy atom. The third-order valence-corrected chi connectivity index (χ3v) is 73.0. The second-order valence-electron chi connectivity index (χ2n) is 66.5. The largest absolute Gasteiger partial charge is 0.132 e. The standard InChI is InChI=1S/C119H134Si/c1-120(2,3)5-4-17-6-23-11-25-27-15-31-46-58-42(27)56-40(25)54-35(23)39-24(17)14-26-28-16-32-47-59-43(28)57-41(26)55(39)72(54)88-73(56)89-75(58)91-77-60(46)48(31)66-81-64-44-29-12-21-9-19-7-18-8-20-10-22-13-30-34(22)51-37(20)53-38(18)52-36(19)50(33(21)29)68-62(44)79(64)97-99-85(68)70(52)87-71(53)86-69(51)63-45(30)65-80(63)98-100(86)110-101(87)109(99)116-114-105(93(77)83(66)95(81)107(97)114)112-103(91)111-102(89)90(74(57)88)76(59)92-78-61(47)49(32)67-82(65)96-84(67)94(78)106-113(104(92)111)118(112)119(116)117(110)115(106)108(96)98/h17-119H,6-16H2,1-3H3. The summed E-state index contributed by atoms with van der Waals surface area (Å²) in [4.78, 5) is 0. The molecule has 52 fully saturated rings. The molecule has 120 heavy (non-hydrogen) atoms. The Morgan fingerprint density at radius 3 is 0.492 bits per heavy atom. The fraction of sp³-hybridized carbons (Fsp3) is 0.983. The Balaban J connectivity index is 0.574. The van der Waals surface area contributed by atoms with Gasteiger partial charge in [0.1, 0.15) is 8.07 Å². The van der Waals surface area contributed by atoms with Crippen LogP contribution in [0.5, 0.6) is 0 Å². The lowest BCUT2D eigenvalue weighted by Crippen LogP contribution is -2.95. The third kappa shape index (κ3) is 4.15. The van der Waals surface area contributed by atoms with Gasteiger partial charge >= 0.3 is 0 Å². The zero-order valence-electron chi connectivity index (χ0n) is 71.7. The van der Waals surface area contributed by atoms with Gasteiger partial charge in [0.05, 0.1) is 0 Å². The molecule has 0 amide bonds. The Morgan fingerprint density at radius 1 is 0.117 bits per heavy atom. The van der Waals surface area contributed by atoms with Crippen molar-refractivity contribution in [1.82, 2.24) is 0 Å². The molecule has 0 radical (unpaired) electrons. The average molecular weight is 1590 g/mol. The summed E-state index contributed by atoms with van der Waals surface area (Å²) in [5, 5.41) is 0. The second-order valence-corrected chi connectivity index (χ2v) is 71.2. The highest BCUT2D eigenvalue weighted by Gasteiger charge is 3.03. The highest BCUT2D eigenvalue weighted by Crippen LogP contribution is 3.07. The van der Waals surface area contributed by atoms with E-state index >= 15 is 0 Å². The number of rotatable bonds is 0. The molecule has 0 aromatic rings. The smallest absolute Gasteiger partial charge is 0.129 e. The Labute approximate surface area is 714 Å². The van der Waals surface area contributed by atoms with Gasteiger partial charge in [0.15, 0.2) is 0 Å². The van der Waals surface area contributed by atoms with Crippen LogP contribution in [0.15, 0.2) is 0 Å². The molecule has 614 valence electrons. The lowest BCUT2D eigenvalue weighted by Gasteiger charge is -2.99. The van der Waals surface area contributed by atoms with Crippen LogP contribution >= 0.6 is 0 Å². The van der Waals surface area contributed by atoms with Gasteiger partial charge in [-0.25, -0.2) is 0 Å². The fourth-order valence-corrected chi connectivity index (χ4v) is 80.1. The Hall–Kier alpha value is -0.223. The molecule has 103 unspecified atom stereocenters. The molecule has 0 nitrogen and oxygen atoms in total. The lowest BCUT2D eigenvalue weighted by atomic mass is 9.06. The van der Waals surface area contributed by atoms with Gasteiger partial charge < -0.3 is 0 Å². The first-order valence-corrected chi connectivity index (χ1v) is 62.4. The van der Waals surface area contributed by atoms with Gasteiger partial charge in [-0.3, -0.25) is 0 Å². The van der Waals surface area contributed by atoms with E-state index < -0.39 is 8.07 Å². The van der Waals surface area contributed by atoms with Crippen LogP contribution in [-0.4, -0.2) is 8.07 Å². The maximum Gasteiger partial charge on any atom is 0.129 e. The average Bonchev–Trinajstić information content (AvgIpc) is 0.647. The van der Waals surface area contributed by atoms with E-state index in [1.54, 1.807) is 19.3 Å². The van der Waals surface area contributed by atoms with Crippen molar-refractivity contribution in [2.24, 2.45) is 610 Å². The molecular formula is C119H134Si. The first-order valence-electron chi connectivity index (χ1n) is 58.9. The molecule has 0 bridgehead atoms. The van der Waals surface area contributed by atoms with Gasteiger partial charge in [0.25, 0.3) is 0 Å². The van der Waals surface area contributed by atoms with Crippen molar-refractivity contribution in [1.29, 1.82) is 0 Å². The minimum Gasteiger partial charge on any atom is -0.132 e.